The van der Waals surface area contributed by atoms with Crippen molar-refractivity contribution in [3.05, 3.63) is 24.3 Å². The van der Waals surface area contributed by atoms with Crippen LogP contribution in [0.4, 0.5) is 5.69 Å². The second kappa shape index (κ2) is 8.69. The van der Waals surface area contributed by atoms with Gasteiger partial charge in [0.2, 0.25) is 5.91 Å². The maximum atomic E-state index is 13.0. The number of para-hydroxylation sites is 2. The molecule has 0 aliphatic carbocycles. The van der Waals surface area contributed by atoms with Crippen LogP contribution >= 0.6 is 0 Å². The number of carbonyl (C=O) groups excluding carboxylic acids is 1. The summed E-state index contributed by atoms with van der Waals surface area (Å²) in [4.78, 5) is 19.0. The predicted octanol–water partition coefficient (Wildman–Crippen LogP) is 1.19. The smallest absolute Gasteiger partial charge is 0.237 e. The molecule has 2 fully saturated rings. The van der Waals surface area contributed by atoms with E-state index in [1.807, 2.05) is 12.1 Å². The molecule has 3 rings (SSSR count). The van der Waals surface area contributed by atoms with Gasteiger partial charge in [-0.3, -0.25) is 9.69 Å². The molecule has 2 aliphatic rings. The van der Waals surface area contributed by atoms with Crippen molar-refractivity contribution < 1.29 is 18.3 Å². The molecule has 8 heteroatoms. The Morgan fingerprint density at radius 3 is 2.46 bits per heavy atom. The van der Waals surface area contributed by atoms with Gasteiger partial charge in [-0.25, -0.2) is 8.42 Å². The van der Waals surface area contributed by atoms with E-state index in [1.54, 1.807) is 17.0 Å². The number of aromatic hydroxyl groups is 1. The Labute approximate surface area is 167 Å². The minimum Gasteiger partial charge on any atom is -0.506 e. The van der Waals surface area contributed by atoms with Gasteiger partial charge in [-0.2, -0.15) is 0 Å². The summed E-state index contributed by atoms with van der Waals surface area (Å²) in [6.45, 7) is 7.97. The fourth-order valence-electron chi connectivity index (χ4n) is 4.03. The van der Waals surface area contributed by atoms with Gasteiger partial charge in [-0.15, -0.1) is 0 Å². The highest BCUT2D eigenvalue weighted by Crippen LogP contribution is 2.27. The van der Waals surface area contributed by atoms with Gasteiger partial charge in [0.15, 0.2) is 9.84 Å². The van der Waals surface area contributed by atoms with Gasteiger partial charge in [-0.05, 0) is 24.5 Å². The maximum absolute atomic E-state index is 13.0. The molecule has 1 aromatic carbocycles. The van der Waals surface area contributed by atoms with Gasteiger partial charge in [-0.1, -0.05) is 26.0 Å². The summed E-state index contributed by atoms with van der Waals surface area (Å²) in [5, 5.41) is 10.0. The number of sulfone groups is 1. The number of piperazine rings is 1. The van der Waals surface area contributed by atoms with Gasteiger partial charge in [0.05, 0.1) is 23.7 Å². The number of rotatable bonds is 6. The summed E-state index contributed by atoms with van der Waals surface area (Å²) in [7, 11) is -3.02. The van der Waals surface area contributed by atoms with E-state index in [0.29, 0.717) is 25.4 Å². The van der Waals surface area contributed by atoms with Crippen LogP contribution in [0.2, 0.25) is 0 Å². The van der Waals surface area contributed by atoms with Crippen molar-refractivity contribution in [2.24, 2.45) is 5.92 Å². The molecule has 2 heterocycles. The number of hydrogen-bond acceptors (Lipinski definition) is 6. The lowest BCUT2D eigenvalue weighted by atomic mass is 10.1. The third kappa shape index (κ3) is 5.17. The zero-order valence-corrected chi connectivity index (χ0v) is 17.6. The SMILES string of the molecule is CC(C)CN(C(=O)CN1CCN(c2ccccc2O)CC1)[C@@H]1CCS(=O)(=O)C1. The van der Waals surface area contributed by atoms with Crippen LogP contribution in [0.25, 0.3) is 0 Å². The minimum absolute atomic E-state index is 0.0202. The number of benzene rings is 1. The van der Waals surface area contributed by atoms with Crippen LogP contribution in [0.3, 0.4) is 0 Å². The highest BCUT2D eigenvalue weighted by atomic mass is 32.2. The second-order valence-corrected chi connectivity index (χ2v) is 10.5. The summed E-state index contributed by atoms with van der Waals surface area (Å²) in [6, 6.07) is 7.11. The Morgan fingerprint density at radius 1 is 1.21 bits per heavy atom. The van der Waals surface area contributed by atoms with Crippen LogP contribution in [0.15, 0.2) is 24.3 Å². The van der Waals surface area contributed by atoms with Crippen molar-refractivity contribution in [2.75, 3.05) is 55.7 Å². The highest BCUT2D eigenvalue weighted by molar-refractivity contribution is 7.91. The molecule has 0 spiro atoms. The zero-order chi connectivity index (χ0) is 20.3. The molecule has 0 saturated carbocycles. The first-order valence-electron chi connectivity index (χ1n) is 10.0. The number of carbonyl (C=O) groups is 1. The van der Waals surface area contributed by atoms with Crippen LogP contribution in [0.5, 0.6) is 5.75 Å². The van der Waals surface area contributed by atoms with E-state index >= 15 is 0 Å². The largest absolute Gasteiger partial charge is 0.506 e. The molecule has 1 amide bonds. The monoisotopic (exact) mass is 409 g/mol. The fourth-order valence-corrected chi connectivity index (χ4v) is 5.76. The molecule has 0 unspecified atom stereocenters. The molecule has 0 radical (unpaired) electrons. The predicted molar refractivity (Wildman–Crippen MR) is 110 cm³/mol. The van der Waals surface area contributed by atoms with Crippen molar-refractivity contribution in [2.45, 2.75) is 26.3 Å². The van der Waals surface area contributed by atoms with Crippen molar-refractivity contribution in [1.29, 1.82) is 0 Å². The topological polar surface area (TPSA) is 81.2 Å². The fraction of sp³-hybridized carbons (Fsp3) is 0.650. The van der Waals surface area contributed by atoms with Gasteiger partial charge in [0.25, 0.3) is 0 Å². The third-order valence-corrected chi connectivity index (χ3v) is 7.24. The molecule has 156 valence electrons. The first-order valence-corrected chi connectivity index (χ1v) is 11.8. The maximum Gasteiger partial charge on any atom is 0.237 e. The molecular weight excluding hydrogens is 378 g/mol. The van der Waals surface area contributed by atoms with Gasteiger partial charge in [0, 0.05) is 38.8 Å². The first kappa shape index (κ1) is 20.9. The molecule has 1 N–H and O–H groups in total. The Morgan fingerprint density at radius 2 is 1.89 bits per heavy atom. The quantitative estimate of drug-likeness (QED) is 0.760. The number of anilines is 1. The Balaban J connectivity index is 1.58. The van der Waals surface area contributed by atoms with Gasteiger partial charge in [0.1, 0.15) is 5.75 Å². The first-order chi connectivity index (χ1) is 13.2. The molecule has 7 nitrogen and oxygen atoms in total. The average molecular weight is 410 g/mol. The molecule has 1 aromatic rings. The van der Waals surface area contributed by atoms with Crippen LogP contribution in [0, 0.1) is 5.92 Å². The van der Waals surface area contributed by atoms with Crippen molar-refractivity contribution in [3.8, 4) is 5.75 Å². The van der Waals surface area contributed by atoms with E-state index in [4.69, 9.17) is 0 Å². The molecule has 28 heavy (non-hydrogen) atoms. The molecule has 1 atom stereocenters. The van der Waals surface area contributed by atoms with Gasteiger partial charge < -0.3 is 14.9 Å². The Kier molecular flexibility index (Phi) is 6.50. The van der Waals surface area contributed by atoms with Crippen molar-refractivity contribution >= 4 is 21.4 Å². The molecular formula is C20H31N3O4S. The van der Waals surface area contributed by atoms with E-state index in [9.17, 15) is 18.3 Å². The van der Waals surface area contributed by atoms with Crippen molar-refractivity contribution in [3.63, 3.8) is 0 Å². The third-order valence-electron chi connectivity index (χ3n) is 5.48. The van der Waals surface area contributed by atoms with E-state index < -0.39 is 9.84 Å². The Bertz CT molecular complexity index is 788. The second-order valence-electron chi connectivity index (χ2n) is 8.25. The number of hydrogen-bond donors (Lipinski definition) is 1. The highest BCUT2D eigenvalue weighted by Gasteiger charge is 2.35. The summed E-state index contributed by atoms with van der Waals surface area (Å²) in [5.74, 6) is 0.861. The molecule has 0 bridgehead atoms. The molecule has 2 saturated heterocycles. The van der Waals surface area contributed by atoms with Gasteiger partial charge >= 0.3 is 0 Å². The van der Waals surface area contributed by atoms with E-state index in [0.717, 1.165) is 31.9 Å². The zero-order valence-electron chi connectivity index (χ0n) is 16.7. The summed E-state index contributed by atoms with van der Waals surface area (Å²) in [6.07, 6.45) is 0.544. The standard InChI is InChI=1S/C20H31N3O4S/c1-16(2)13-23(17-7-12-28(26,27)15-17)20(25)14-21-8-10-22(11-9-21)18-5-3-4-6-19(18)24/h3-6,16-17,24H,7-15H2,1-2H3/t17-/m1/s1. The lowest BCUT2D eigenvalue weighted by Crippen LogP contribution is -2.52. The van der Waals surface area contributed by atoms with Crippen LogP contribution in [0.1, 0.15) is 20.3 Å². The summed E-state index contributed by atoms with van der Waals surface area (Å²) in [5.41, 5.74) is 0.825. The minimum atomic E-state index is -3.02. The van der Waals surface area contributed by atoms with Crippen molar-refractivity contribution in [1.82, 2.24) is 9.80 Å². The number of nitrogens with zero attached hydrogens (tertiary/aromatic N) is 3. The normalized spacial score (nSPS) is 22.5. The number of phenolic OH excluding ortho intramolecular Hbond substituents is 1. The van der Waals surface area contributed by atoms with Crippen LogP contribution in [-0.4, -0.2) is 86.0 Å². The number of amides is 1. The lowest BCUT2D eigenvalue weighted by molar-refractivity contribution is -0.135. The van der Waals surface area contributed by atoms with Crippen LogP contribution in [-0.2, 0) is 14.6 Å². The number of phenols is 1. The summed E-state index contributed by atoms with van der Waals surface area (Å²) < 4.78 is 23.7. The molecule has 2 aliphatic heterocycles. The average Bonchev–Trinajstić information content (AvgIpc) is 3.00. The van der Waals surface area contributed by atoms with Crippen LogP contribution < -0.4 is 4.90 Å². The molecule has 0 aromatic heterocycles. The van der Waals surface area contributed by atoms with E-state index in [1.165, 1.54) is 0 Å². The van der Waals surface area contributed by atoms with E-state index in [-0.39, 0.29) is 29.2 Å². The van der Waals surface area contributed by atoms with E-state index in [2.05, 4.69) is 23.6 Å². The summed E-state index contributed by atoms with van der Waals surface area (Å²) >= 11 is 0. The Hall–Kier alpha value is -1.80. The lowest BCUT2D eigenvalue weighted by Gasteiger charge is -2.38.